The minimum absolute atomic E-state index is 0.628. The monoisotopic (exact) mass is 653 g/mol. The summed E-state index contributed by atoms with van der Waals surface area (Å²) in [6.45, 7) is 0. The van der Waals surface area contributed by atoms with Crippen molar-refractivity contribution >= 4 is 43.6 Å². The minimum Gasteiger partial charge on any atom is -0.454 e. The molecule has 0 saturated carbocycles. The molecular formula is C45H27N5O. The first kappa shape index (κ1) is 28.9. The molecule has 0 unspecified atom stereocenters. The molecule has 51 heavy (non-hydrogen) atoms. The van der Waals surface area contributed by atoms with E-state index in [0.29, 0.717) is 17.5 Å². The molecule has 4 aromatic heterocycles. The van der Waals surface area contributed by atoms with Gasteiger partial charge in [-0.3, -0.25) is 9.97 Å². The maximum absolute atomic E-state index is 6.40. The van der Waals surface area contributed by atoms with Crippen molar-refractivity contribution in [2.24, 2.45) is 0 Å². The molecule has 0 bridgehead atoms. The lowest BCUT2D eigenvalue weighted by molar-refractivity contribution is 0.667. The van der Waals surface area contributed by atoms with Gasteiger partial charge >= 0.3 is 0 Å². The molecule has 6 aromatic carbocycles. The van der Waals surface area contributed by atoms with Gasteiger partial charge in [0.2, 0.25) is 0 Å². The van der Waals surface area contributed by atoms with E-state index in [2.05, 4.69) is 83.8 Å². The van der Waals surface area contributed by atoms with E-state index >= 15 is 0 Å². The molecule has 6 heteroatoms. The Labute approximate surface area is 292 Å². The maximum Gasteiger partial charge on any atom is 0.164 e. The Kier molecular flexibility index (Phi) is 6.70. The fourth-order valence-electron chi connectivity index (χ4n) is 6.98. The largest absolute Gasteiger partial charge is 0.454 e. The van der Waals surface area contributed by atoms with Crippen molar-refractivity contribution in [1.82, 2.24) is 24.9 Å². The number of rotatable bonds is 5. The molecule has 0 aliphatic rings. The topological polar surface area (TPSA) is 77.6 Å². The number of aromatic nitrogens is 5. The van der Waals surface area contributed by atoms with E-state index in [-0.39, 0.29) is 0 Å². The average molecular weight is 654 g/mol. The van der Waals surface area contributed by atoms with Crippen molar-refractivity contribution in [3.8, 4) is 56.5 Å². The van der Waals surface area contributed by atoms with Crippen molar-refractivity contribution in [1.29, 1.82) is 0 Å². The van der Waals surface area contributed by atoms with Crippen molar-refractivity contribution in [3.63, 3.8) is 0 Å². The van der Waals surface area contributed by atoms with Gasteiger partial charge in [0.1, 0.15) is 5.58 Å². The molecule has 238 valence electrons. The third-order valence-corrected chi connectivity index (χ3v) is 9.44. The average Bonchev–Trinajstić information content (AvgIpc) is 3.58. The van der Waals surface area contributed by atoms with Crippen LogP contribution in [0.25, 0.3) is 100 Å². The van der Waals surface area contributed by atoms with Crippen LogP contribution in [0.5, 0.6) is 0 Å². The predicted octanol–water partition coefficient (Wildman–Crippen LogP) is 11.2. The molecule has 10 aromatic rings. The summed E-state index contributed by atoms with van der Waals surface area (Å²) in [5, 5.41) is 5.30. The van der Waals surface area contributed by atoms with Crippen LogP contribution in [0.15, 0.2) is 168 Å². The third-order valence-electron chi connectivity index (χ3n) is 9.44. The number of benzene rings is 6. The fraction of sp³-hybridized carbons (Fsp3) is 0. The first-order valence-electron chi connectivity index (χ1n) is 16.8. The van der Waals surface area contributed by atoms with Crippen LogP contribution in [-0.2, 0) is 0 Å². The molecule has 0 amide bonds. The Hall–Kier alpha value is -7.05. The molecule has 0 atom stereocenters. The number of fused-ring (bicyclic) bond motifs is 5. The SMILES string of the molecule is c1ccc(-c2nc(-c3ccccc3)nc(-c3ccc(-c4ccc5c(c4)oc4cnc(-c6cccc7cccnc67)cc45)c4ccccc34)n2)cc1. The Morgan fingerprint density at radius 2 is 1.06 bits per heavy atom. The summed E-state index contributed by atoms with van der Waals surface area (Å²) in [7, 11) is 0. The molecule has 0 aliphatic carbocycles. The quantitative estimate of drug-likeness (QED) is 0.184. The standard InChI is InChI=1S/C45H27N5O/c1-3-11-29(12-4-1)43-48-44(30-13-5-2-6-14-30)50-45(49-43)36-23-22-32(33-17-7-8-18-34(33)36)31-20-21-35-38-26-39(47-27-41(38)51-40(35)25-31)37-19-9-15-28-16-10-24-46-42(28)37/h1-27H. The van der Waals surface area contributed by atoms with Crippen molar-refractivity contribution < 1.29 is 4.42 Å². The van der Waals surface area contributed by atoms with Gasteiger partial charge in [0.05, 0.1) is 17.4 Å². The lowest BCUT2D eigenvalue weighted by Gasteiger charge is -2.13. The molecule has 0 saturated heterocycles. The molecular weight excluding hydrogens is 627 g/mol. The summed E-state index contributed by atoms with van der Waals surface area (Å²) < 4.78 is 6.40. The van der Waals surface area contributed by atoms with Crippen molar-refractivity contribution in [2.75, 3.05) is 0 Å². The van der Waals surface area contributed by atoms with Crippen molar-refractivity contribution in [3.05, 3.63) is 164 Å². The molecule has 0 fully saturated rings. The summed E-state index contributed by atoms with van der Waals surface area (Å²) in [4.78, 5) is 24.3. The summed E-state index contributed by atoms with van der Waals surface area (Å²) in [6.07, 6.45) is 3.64. The smallest absolute Gasteiger partial charge is 0.164 e. The summed E-state index contributed by atoms with van der Waals surface area (Å²) in [6, 6.07) is 51.6. The van der Waals surface area contributed by atoms with Gasteiger partial charge in [-0.2, -0.15) is 0 Å². The van der Waals surface area contributed by atoms with E-state index in [1.807, 2.05) is 85.2 Å². The van der Waals surface area contributed by atoms with Gasteiger partial charge in [0, 0.05) is 44.6 Å². The number of para-hydroxylation sites is 1. The van der Waals surface area contributed by atoms with Gasteiger partial charge in [-0.05, 0) is 52.2 Å². The van der Waals surface area contributed by atoms with Crippen LogP contribution < -0.4 is 0 Å². The highest BCUT2D eigenvalue weighted by atomic mass is 16.3. The van der Waals surface area contributed by atoms with Gasteiger partial charge in [-0.25, -0.2) is 15.0 Å². The first-order valence-corrected chi connectivity index (χ1v) is 16.8. The second-order valence-electron chi connectivity index (χ2n) is 12.5. The Morgan fingerprint density at radius 3 is 1.82 bits per heavy atom. The fourth-order valence-corrected chi connectivity index (χ4v) is 6.98. The number of furan rings is 1. The van der Waals surface area contributed by atoms with E-state index in [4.69, 9.17) is 24.4 Å². The molecule has 0 spiro atoms. The van der Waals surface area contributed by atoms with Crippen LogP contribution in [0.1, 0.15) is 0 Å². The van der Waals surface area contributed by atoms with Gasteiger partial charge in [-0.1, -0.05) is 121 Å². The predicted molar refractivity (Wildman–Crippen MR) is 205 cm³/mol. The Morgan fingerprint density at radius 1 is 0.392 bits per heavy atom. The van der Waals surface area contributed by atoms with E-state index in [1.54, 1.807) is 0 Å². The Bertz CT molecular complexity index is 2860. The van der Waals surface area contributed by atoms with Crippen LogP contribution in [-0.4, -0.2) is 24.9 Å². The number of pyridine rings is 2. The zero-order chi connectivity index (χ0) is 33.7. The van der Waals surface area contributed by atoms with E-state index < -0.39 is 0 Å². The highest BCUT2D eigenvalue weighted by molar-refractivity contribution is 6.09. The number of hydrogen-bond donors (Lipinski definition) is 0. The number of hydrogen-bond acceptors (Lipinski definition) is 6. The van der Waals surface area contributed by atoms with Crippen LogP contribution in [0.4, 0.5) is 0 Å². The first-order chi connectivity index (χ1) is 25.3. The molecule has 0 radical (unpaired) electrons. The number of nitrogens with zero attached hydrogens (tertiary/aromatic N) is 5. The third kappa shape index (κ3) is 5.01. The van der Waals surface area contributed by atoms with Crippen LogP contribution in [0.2, 0.25) is 0 Å². The lowest BCUT2D eigenvalue weighted by atomic mass is 9.94. The normalized spacial score (nSPS) is 11.5. The van der Waals surface area contributed by atoms with E-state index in [1.165, 1.54) is 0 Å². The minimum atomic E-state index is 0.628. The van der Waals surface area contributed by atoms with Gasteiger partial charge in [-0.15, -0.1) is 0 Å². The van der Waals surface area contributed by atoms with Crippen molar-refractivity contribution in [2.45, 2.75) is 0 Å². The zero-order valence-corrected chi connectivity index (χ0v) is 27.2. The second kappa shape index (κ2) is 11.8. The summed E-state index contributed by atoms with van der Waals surface area (Å²) >= 11 is 0. The van der Waals surface area contributed by atoms with Gasteiger partial charge in [0.25, 0.3) is 0 Å². The van der Waals surface area contributed by atoms with E-state index in [0.717, 1.165) is 82.7 Å². The highest BCUT2D eigenvalue weighted by Crippen LogP contribution is 2.39. The molecule has 0 aliphatic heterocycles. The maximum atomic E-state index is 6.40. The van der Waals surface area contributed by atoms with Crippen LogP contribution in [0, 0.1) is 0 Å². The molecule has 4 heterocycles. The molecule has 6 nitrogen and oxygen atoms in total. The Balaban J connectivity index is 1.09. The van der Waals surface area contributed by atoms with Crippen LogP contribution >= 0.6 is 0 Å². The van der Waals surface area contributed by atoms with E-state index in [9.17, 15) is 0 Å². The van der Waals surface area contributed by atoms with Gasteiger partial charge in [0.15, 0.2) is 23.1 Å². The molecule has 10 rings (SSSR count). The highest BCUT2D eigenvalue weighted by Gasteiger charge is 2.17. The second-order valence-corrected chi connectivity index (χ2v) is 12.5. The summed E-state index contributed by atoms with van der Waals surface area (Å²) in [5.74, 6) is 1.90. The lowest BCUT2D eigenvalue weighted by Crippen LogP contribution is -2.00. The van der Waals surface area contributed by atoms with Crippen LogP contribution in [0.3, 0.4) is 0 Å². The zero-order valence-electron chi connectivity index (χ0n) is 27.2. The molecule has 0 N–H and O–H groups in total. The summed E-state index contributed by atoms with van der Waals surface area (Å²) in [5.41, 5.74) is 9.32. The van der Waals surface area contributed by atoms with Gasteiger partial charge < -0.3 is 4.42 Å².